The minimum atomic E-state index is -0.960. The number of fused-ring (bicyclic) bond motifs is 1. The van der Waals surface area contributed by atoms with Crippen LogP contribution in [0.1, 0.15) is 24.0 Å². The van der Waals surface area contributed by atoms with Crippen molar-refractivity contribution in [2.75, 3.05) is 11.9 Å². The van der Waals surface area contributed by atoms with Gasteiger partial charge in [-0.3, -0.25) is 9.59 Å². The Balaban J connectivity index is 2.45. The summed E-state index contributed by atoms with van der Waals surface area (Å²) in [6.45, 7) is 1.90. The van der Waals surface area contributed by atoms with Gasteiger partial charge in [0.25, 0.3) is 0 Å². The van der Waals surface area contributed by atoms with Crippen LogP contribution < -0.4 is 5.32 Å². The molecule has 0 saturated heterocycles. The van der Waals surface area contributed by atoms with Gasteiger partial charge in [-0.05, 0) is 13.0 Å². The normalized spacial score (nSPS) is 16.9. The number of carbonyl (C=O) groups excluding carboxylic acids is 2. The van der Waals surface area contributed by atoms with Crippen LogP contribution in [0.15, 0.2) is 18.2 Å². The Labute approximate surface area is 98.0 Å². The molecular formula is C12H10N2O3. The Hall–Kier alpha value is -2.35. The molecule has 5 heteroatoms. The van der Waals surface area contributed by atoms with Crippen molar-refractivity contribution in [1.82, 2.24) is 0 Å². The van der Waals surface area contributed by atoms with E-state index in [1.165, 1.54) is 0 Å². The number of ether oxygens (including phenoxy) is 1. The fourth-order valence-corrected chi connectivity index (χ4v) is 1.84. The van der Waals surface area contributed by atoms with Gasteiger partial charge in [0.05, 0.1) is 17.9 Å². The van der Waals surface area contributed by atoms with E-state index >= 15 is 0 Å². The fraction of sp³-hybridized carbons (Fsp3) is 0.250. The van der Waals surface area contributed by atoms with Crippen LogP contribution in [0.5, 0.6) is 0 Å². The average molecular weight is 230 g/mol. The molecule has 1 unspecified atom stereocenters. The van der Waals surface area contributed by atoms with Gasteiger partial charge in [0.15, 0.2) is 5.92 Å². The minimum Gasteiger partial charge on any atom is -0.465 e. The summed E-state index contributed by atoms with van der Waals surface area (Å²) < 4.78 is 4.84. The molecule has 0 radical (unpaired) electrons. The lowest BCUT2D eigenvalue weighted by molar-refractivity contribution is -0.147. The van der Waals surface area contributed by atoms with Crippen LogP contribution in [0.25, 0.3) is 0 Å². The van der Waals surface area contributed by atoms with E-state index in [2.05, 4.69) is 5.32 Å². The smallest absolute Gasteiger partial charge is 0.323 e. The van der Waals surface area contributed by atoms with Crippen LogP contribution >= 0.6 is 0 Å². The van der Waals surface area contributed by atoms with Gasteiger partial charge in [-0.15, -0.1) is 0 Å². The van der Waals surface area contributed by atoms with Crippen molar-refractivity contribution in [3.05, 3.63) is 29.3 Å². The fourth-order valence-electron chi connectivity index (χ4n) is 1.84. The van der Waals surface area contributed by atoms with E-state index in [1.807, 2.05) is 6.07 Å². The Bertz CT molecular complexity index is 531. The summed E-state index contributed by atoms with van der Waals surface area (Å²) in [7, 11) is 0. The predicted octanol–water partition coefficient (Wildman–Crippen LogP) is 1.16. The third-order valence-corrected chi connectivity index (χ3v) is 2.56. The van der Waals surface area contributed by atoms with Crippen LogP contribution in [0.2, 0.25) is 0 Å². The van der Waals surface area contributed by atoms with E-state index in [0.717, 1.165) is 0 Å². The SMILES string of the molecule is CCOC(=O)C1C(=O)Nc2c(C#N)cccc21. The van der Waals surface area contributed by atoms with E-state index in [4.69, 9.17) is 10.00 Å². The lowest BCUT2D eigenvalue weighted by atomic mass is 9.99. The molecule has 5 nitrogen and oxygen atoms in total. The molecule has 1 aliphatic rings. The van der Waals surface area contributed by atoms with Gasteiger partial charge in [0.2, 0.25) is 5.91 Å². The van der Waals surface area contributed by atoms with Gasteiger partial charge in [-0.2, -0.15) is 5.26 Å². The van der Waals surface area contributed by atoms with Gasteiger partial charge in [0.1, 0.15) is 6.07 Å². The van der Waals surface area contributed by atoms with Crippen molar-refractivity contribution in [2.24, 2.45) is 0 Å². The quantitative estimate of drug-likeness (QED) is 0.610. The molecular weight excluding hydrogens is 220 g/mol. The average Bonchev–Trinajstić information content (AvgIpc) is 2.65. The maximum Gasteiger partial charge on any atom is 0.323 e. The van der Waals surface area contributed by atoms with Crippen molar-refractivity contribution >= 4 is 17.6 Å². The van der Waals surface area contributed by atoms with E-state index in [-0.39, 0.29) is 6.61 Å². The first-order chi connectivity index (χ1) is 8.19. The summed E-state index contributed by atoms with van der Waals surface area (Å²) >= 11 is 0. The summed E-state index contributed by atoms with van der Waals surface area (Å²) in [5.74, 6) is -1.99. The Morgan fingerprint density at radius 1 is 1.59 bits per heavy atom. The molecule has 2 rings (SSSR count). The number of nitrogens with one attached hydrogen (secondary N) is 1. The molecule has 17 heavy (non-hydrogen) atoms. The number of nitriles is 1. The van der Waals surface area contributed by atoms with Crippen LogP contribution in [0.3, 0.4) is 0 Å². The topological polar surface area (TPSA) is 79.2 Å². The highest BCUT2D eigenvalue weighted by molar-refractivity contribution is 6.15. The summed E-state index contributed by atoms with van der Waals surface area (Å²) in [4.78, 5) is 23.3. The molecule has 1 atom stereocenters. The van der Waals surface area contributed by atoms with Gasteiger partial charge in [-0.1, -0.05) is 12.1 Å². The standard InChI is InChI=1S/C12H10N2O3/c1-2-17-12(16)9-8-5-3-4-7(6-13)10(8)14-11(9)15/h3-5,9H,2H2,1H3,(H,14,15). The lowest BCUT2D eigenvalue weighted by Gasteiger charge is -2.07. The lowest BCUT2D eigenvalue weighted by Crippen LogP contribution is -2.22. The number of carbonyl (C=O) groups is 2. The zero-order valence-electron chi connectivity index (χ0n) is 9.19. The second kappa shape index (κ2) is 4.26. The van der Waals surface area contributed by atoms with Crippen molar-refractivity contribution in [3.63, 3.8) is 0 Å². The molecule has 0 aliphatic carbocycles. The number of rotatable bonds is 2. The van der Waals surface area contributed by atoms with E-state index < -0.39 is 17.8 Å². The molecule has 0 saturated carbocycles. The second-order valence-electron chi connectivity index (χ2n) is 3.56. The summed E-state index contributed by atoms with van der Waals surface area (Å²) in [5, 5.41) is 11.4. The number of para-hydroxylation sites is 1. The minimum absolute atomic E-state index is 0.218. The first-order valence-corrected chi connectivity index (χ1v) is 5.19. The third kappa shape index (κ3) is 1.74. The van der Waals surface area contributed by atoms with E-state index in [0.29, 0.717) is 16.8 Å². The van der Waals surface area contributed by atoms with Crippen molar-refractivity contribution < 1.29 is 14.3 Å². The van der Waals surface area contributed by atoms with Crippen LogP contribution in [0, 0.1) is 11.3 Å². The van der Waals surface area contributed by atoms with Gasteiger partial charge < -0.3 is 10.1 Å². The van der Waals surface area contributed by atoms with Crippen molar-refractivity contribution in [1.29, 1.82) is 5.26 Å². The molecule has 0 aromatic heterocycles. The molecule has 1 aromatic rings. The van der Waals surface area contributed by atoms with E-state index in [1.54, 1.807) is 25.1 Å². The first kappa shape index (κ1) is 11.1. The number of hydrogen-bond donors (Lipinski definition) is 1. The maximum atomic E-state index is 11.7. The van der Waals surface area contributed by atoms with Crippen molar-refractivity contribution in [3.8, 4) is 6.07 Å². The highest BCUT2D eigenvalue weighted by atomic mass is 16.5. The summed E-state index contributed by atoms with van der Waals surface area (Å²) in [6, 6.07) is 6.85. The first-order valence-electron chi connectivity index (χ1n) is 5.19. The molecule has 0 fully saturated rings. The van der Waals surface area contributed by atoms with E-state index in [9.17, 15) is 9.59 Å². The van der Waals surface area contributed by atoms with Gasteiger partial charge in [-0.25, -0.2) is 0 Å². The number of hydrogen-bond acceptors (Lipinski definition) is 4. The van der Waals surface area contributed by atoms with Crippen LogP contribution in [0.4, 0.5) is 5.69 Å². The number of esters is 1. The molecule has 1 N–H and O–H groups in total. The van der Waals surface area contributed by atoms with Crippen molar-refractivity contribution in [2.45, 2.75) is 12.8 Å². The number of amides is 1. The molecule has 0 spiro atoms. The Morgan fingerprint density at radius 3 is 3.00 bits per heavy atom. The van der Waals surface area contributed by atoms with Crippen LogP contribution in [-0.2, 0) is 14.3 Å². The highest BCUT2D eigenvalue weighted by Gasteiger charge is 2.38. The maximum absolute atomic E-state index is 11.7. The summed E-state index contributed by atoms with van der Waals surface area (Å²) in [5.41, 5.74) is 1.27. The largest absolute Gasteiger partial charge is 0.465 e. The molecule has 0 bridgehead atoms. The molecule has 1 amide bonds. The summed E-state index contributed by atoms with van der Waals surface area (Å²) in [6.07, 6.45) is 0. The van der Waals surface area contributed by atoms with Crippen LogP contribution in [-0.4, -0.2) is 18.5 Å². The monoisotopic (exact) mass is 230 g/mol. The number of nitrogens with zero attached hydrogens (tertiary/aromatic N) is 1. The third-order valence-electron chi connectivity index (χ3n) is 2.56. The zero-order chi connectivity index (χ0) is 12.4. The number of anilines is 1. The predicted molar refractivity (Wildman–Crippen MR) is 59.2 cm³/mol. The van der Waals surface area contributed by atoms with Gasteiger partial charge in [0, 0.05) is 5.56 Å². The molecule has 1 heterocycles. The molecule has 1 aromatic carbocycles. The number of benzene rings is 1. The Morgan fingerprint density at radius 2 is 2.35 bits per heavy atom. The van der Waals surface area contributed by atoms with Gasteiger partial charge >= 0.3 is 5.97 Å². The molecule has 1 aliphatic heterocycles. The highest BCUT2D eigenvalue weighted by Crippen LogP contribution is 2.35. The zero-order valence-corrected chi connectivity index (χ0v) is 9.19. The Kier molecular flexibility index (Phi) is 2.79. The second-order valence-corrected chi connectivity index (χ2v) is 3.56. The molecule has 86 valence electrons.